The highest BCUT2D eigenvalue weighted by molar-refractivity contribution is 7.19. The molecule has 24 heavy (non-hydrogen) atoms. The highest BCUT2D eigenvalue weighted by Gasteiger charge is 2.16. The standard InChI is InChI=1S/C18H19NO4S/c1-11-14(18(21)22-2)8-13(23-11)9-19-10-15(20)17-7-12-5-3-4-6-16(12)24-17/h3-8,15,19-20H,9-10H2,1-2H3. The lowest BCUT2D eigenvalue weighted by molar-refractivity contribution is 0.0599. The Morgan fingerprint density at radius 3 is 2.92 bits per heavy atom. The summed E-state index contributed by atoms with van der Waals surface area (Å²) in [6.07, 6.45) is -0.585. The molecule has 0 amide bonds. The summed E-state index contributed by atoms with van der Waals surface area (Å²) in [7, 11) is 1.34. The molecule has 126 valence electrons. The molecule has 1 unspecified atom stereocenters. The van der Waals surface area contributed by atoms with E-state index in [1.165, 1.54) is 7.11 Å². The van der Waals surface area contributed by atoms with E-state index < -0.39 is 12.1 Å². The summed E-state index contributed by atoms with van der Waals surface area (Å²) in [4.78, 5) is 12.5. The number of aryl methyl sites for hydroxylation is 1. The zero-order valence-corrected chi connectivity index (χ0v) is 14.4. The van der Waals surface area contributed by atoms with Crippen LogP contribution in [-0.4, -0.2) is 24.7 Å². The number of carbonyl (C=O) groups excluding carboxylic acids is 1. The number of esters is 1. The summed E-state index contributed by atoms with van der Waals surface area (Å²) in [5.74, 6) is 0.757. The minimum Gasteiger partial charge on any atom is -0.465 e. The summed E-state index contributed by atoms with van der Waals surface area (Å²) in [6, 6.07) is 11.7. The van der Waals surface area contributed by atoms with Crippen LogP contribution in [-0.2, 0) is 11.3 Å². The van der Waals surface area contributed by atoms with Gasteiger partial charge in [0.05, 0.1) is 13.7 Å². The first-order chi connectivity index (χ1) is 11.6. The lowest BCUT2D eigenvalue weighted by Gasteiger charge is -2.08. The number of carbonyl (C=O) groups is 1. The lowest BCUT2D eigenvalue weighted by atomic mass is 10.2. The molecule has 0 aliphatic heterocycles. The summed E-state index contributed by atoms with van der Waals surface area (Å²) in [5.41, 5.74) is 0.430. The third-order valence-corrected chi connectivity index (χ3v) is 5.00. The molecule has 0 saturated heterocycles. The van der Waals surface area contributed by atoms with Crippen LogP contribution in [0, 0.1) is 6.92 Å². The van der Waals surface area contributed by atoms with Crippen molar-refractivity contribution in [3.05, 3.63) is 58.4 Å². The second-order valence-electron chi connectivity index (χ2n) is 5.51. The number of hydrogen-bond acceptors (Lipinski definition) is 6. The van der Waals surface area contributed by atoms with Gasteiger partial charge >= 0.3 is 5.97 Å². The van der Waals surface area contributed by atoms with Crippen LogP contribution in [0.2, 0.25) is 0 Å². The molecule has 1 atom stereocenters. The summed E-state index contributed by atoms with van der Waals surface area (Å²) in [6.45, 7) is 2.56. The molecule has 2 heterocycles. The van der Waals surface area contributed by atoms with Gasteiger partial charge in [-0.25, -0.2) is 4.79 Å². The van der Waals surface area contributed by atoms with Gasteiger partial charge < -0.3 is 19.6 Å². The van der Waals surface area contributed by atoms with Crippen LogP contribution < -0.4 is 5.32 Å². The second-order valence-corrected chi connectivity index (χ2v) is 6.62. The van der Waals surface area contributed by atoms with E-state index in [1.54, 1.807) is 24.3 Å². The smallest absolute Gasteiger partial charge is 0.341 e. The number of nitrogens with one attached hydrogen (secondary N) is 1. The summed E-state index contributed by atoms with van der Waals surface area (Å²) >= 11 is 1.59. The molecule has 2 aromatic heterocycles. The number of furan rings is 1. The van der Waals surface area contributed by atoms with Crippen molar-refractivity contribution in [1.82, 2.24) is 5.32 Å². The molecule has 0 spiro atoms. The van der Waals surface area contributed by atoms with Crippen LogP contribution in [0.1, 0.15) is 32.9 Å². The van der Waals surface area contributed by atoms with Crippen molar-refractivity contribution in [3.8, 4) is 0 Å². The number of methoxy groups -OCH3 is 1. The normalized spacial score (nSPS) is 12.5. The Labute approximate surface area is 143 Å². The molecule has 0 aliphatic carbocycles. The van der Waals surface area contributed by atoms with E-state index in [0.717, 1.165) is 15.0 Å². The van der Waals surface area contributed by atoms with E-state index >= 15 is 0 Å². The van der Waals surface area contributed by atoms with Gasteiger partial charge in [0, 0.05) is 16.1 Å². The molecular weight excluding hydrogens is 326 g/mol. The first-order valence-corrected chi connectivity index (χ1v) is 8.45. The minimum absolute atomic E-state index is 0.403. The molecule has 0 bridgehead atoms. The van der Waals surface area contributed by atoms with Crippen molar-refractivity contribution >= 4 is 27.4 Å². The van der Waals surface area contributed by atoms with Crippen LogP contribution in [0.5, 0.6) is 0 Å². The van der Waals surface area contributed by atoms with Crippen molar-refractivity contribution in [2.45, 2.75) is 19.6 Å². The van der Waals surface area contributed by atoms with Crippen LogP contribution in [0.4, 0.5) is 0 Å². The van der Waals surface area contributed by atoms with Crippen LogP contribution in [0.15, 0.2) is 40.8 Å². The topological polar surface area (TPSA) is 71.7 Å². The molecular formula is C18H19NO4S. The van der Waals surface area contributed by atoms with Gasteiger partial charge in [0.15, 0.2) is 0 Å². The number of hydrogen-bond donors (Lipinski definition) is 2. The van der Waals surface area contributed by atoms with E-state index in [1.807, 2.05) is 30.3 Å². The third-order valence-electron chi connectivity index (χ3n) is 3.78. The molecule has 6 heteroatoms. The van der Waals surface area contributed by atoms with Crippen LogP contribution in [0.3, 0.4) is 0 Å². The number of aliphatic hydroxyl groups is 1. The Balaban J connectivity index is 1.59. The van der Waals surface area contributed by atoms with E-state index in [9.17, 15) is 9.90 Å². The Morgan fingerprint density at radius 2 is 2.17 bits per heavy atom. The highest BCUT2D eigenvalue weighted by atomic mass is 32.1. The van der Waals surface area contributed by atoms with Crippen molar-refractivity contribution < 1.29 is 19.1 Å². The van der Waals surface area contributed by atoms with E-state index in [2.05, 4.69) is 5.32 Å². The second kappa shape index (κ2) is 7.17. The van der Waals surface area contributed by atoms with Crippen molar-refractivity contribution in [2.24, 2.45) is 0 Å². The number of rotatable bonds is 6. The van der Waals surface area contributed by atoms with Gasteiger partial charge in [0.25, 0.3) is 0 Å². The molecule has 0 saturated carbocycles. The molecule has 2 N–H and O–H groups in total. The SMILES string of the molecule is COC(=O)c1cc(CNCC(O)c2cc3ccccc3s2)oc1C. The Morgan fingerprint density at radius 1 is 1.38 bits per heavy atom. The Hall–Kier alpha value is -2.15. The van der Waals surface area contributed by atoms with Gasteiger partial charge in [-0.2, -0.15) is 0 Å². The quantitative estimate of drug-likeness (QED) is 0.670. The first kappa shape index (κ1) is 16.7. The molecule has 0 fully saturated rings. The molecule has 3 rings (SSSR count). The first-order valence-electron chi connectivity index (χ1n) is 7.63. The van der Waals surface area contributed by atoms with Crippen LogP contribution in [0.25, 0.3) is 10.1 Å². The summed E-state index contributed by atoms with van der Waals surface area (Å²) < 4.78 is 11.4. The predicted octanol–water partition coefficient (Wildman–Crippen LogP) is 3.41. The zero-order valence-electron chi connectivity index (χ0n) is 13.5. The number of ether oxygens (including phenoxy) is 1. The molecule has 0 aliphatic rings. The van der Waals surface area contributed by atoms with Gasteiger partial charge in [0.1, 0.15) is 23.2 Å². The fourth-order valence-electron chi connectivity index (χ4n) is 2.54. The fraction of sp³-hybridized carbons (Fsp3) is 0.278. The maximum absolute atomic E-state index is 11.6. The van der Waals surface area contributed by atoms with Gasteiger partial charge in [-0.1, -0.05) is 18.2 Å². The lowest BCUT2D eigenvalue weighted by Crippen LogP contribution is -2.20. The highest BCUT2D eigenvalue weighted by Crippen LogP contribution is 2.29. The number of thiophene rings is 1. The largest absolute Gasteiger partial charge is 0.465 e. The molecule has 0 radical (unpaired) electrons. The fourth-order valence-corrected chi connectivity index (χ4v) is 3.59. The van der Waals surface area contributed by atoms with Gasteiger partial charge in [-0.3, -0.25) is 0 Å². The minimum atomic E-state index is -0.585. The molecule has 5 nitrogen and oxygen atoms in total. The number of benzene rings is 1. The van der Waals surface area contributed by atoms with Crippen molar-refractivity contribution in [3.63, 3.8) is 0 Å². The van der Waals surface area contributed by atoms with Crippen LogP contribution >= 0.6 is 11.3 Å². The van der Waals surface area contributed by atoms with Crippen molar-refractivity contribution in [2.75, 3.05) is 13.7 Å². The number of fused-ring (bicyclic) bond motifs is 1. The maximum atomic E-state index is 11.6. The molecule has 3 aromatic rings. The van der Waals surface area contributed by atoms with E-state index in [0.29, 0.717) is 30.2 Å². The average Bonchev–Trinajstić information content (AvgIpc) is 3.17. The maximum Gasteiger partial charge on any atom is 0.341 e. The zero-order chi connectivity index (χ0) is 17.1. The predicted molar refractivity (Wildman–Crippen MR) is 93.3 cm³/mol. The Kier molecular flexibility index (Phi) is 4.99. The van der Waals surface area contributed by atoms with Gasteiger partial charge in [0.2, 0.25) is 0 Å². The van der Waals surface area contributed by atoms with Gasteiger partial charge in [-0.15, -0.1) is 11.3 Å². The molecule has 1 aromatic carbocycles. The Bertz CT molecular complexity index is 819. The summed E-state index contributed by atoms with van der Waals surface area (Å²) in [5, 5.41) is 14.6. The number of aliphatic hydroxyl groups excluding tert-OH is 1. The average molecular weight is 345 g/mol. The third kappa shape index (κ3) is 3.51. The van der Waals surface area contributed by atoms with E-state index in [4.69, 9.17) is 9.15 Å². The van der Waals surface area contributed by atoms with E-state index in [-0.39, 0.29) is 0 Å². The monoisotopic (exact) mass is 345 g/mol. The van der Waals surface area contributed by atoms with Gasteiger partial charge in [-0.05, 0) is 30.5 Å². The van der Waals surface area contributed by atoms with Crippen molar-refractivity contribution in [1.29, 1.82) is 0 Å².